The first-order valence-corrected chi connectivity index (χ1v) is 8.51. The van der Waals surface area contributed by atoms with E-state index in [1.807, 2.05) is 0 Å². The highest BCUT2D eigenvalue weighted by molar-refractivity contribution is 6.35. The van der Waals surface area contributed by atoms with Crippen molar-refractivity contribution >= 4 is 63.2 Å². The number of halogens is 3. The van der Waals surface area contributed by atoms with Gasteiger partial charge in [0.25, 0.3) is 5.56 Å². The molecule has 1 N–H and O–H groups in total. The highest BCUT2D eigenvalue weighted by atomic mass is 35.5. The quantitative estimate of drug-likeness (QED) is 0.665. The lowest BCUT2D eigenvalue weighted by molar-refractivity contribution is 0.0907. The van der Waals surface area contributed by atoms with Crippen molar-refractivity contribution in [3.8, 4) is 0 Å². The van der Waals surface area contributed by atoms with Crippen LogP contribution in [-0.4, -0.2) is 15.5 Å². The van der Waals surface area contributed by atoms with Crippen LogP contribution in [0.1, 0.15) is 18.1 Å². The van der Waals surface area contributed by atoms with E-state index in [4.69, 9.17) is 34.8 Å². The van der Waals surface area contributed by atoms with Gasteiger partial charge in [-0.2, -0.15) is 0 Å². The first-order chi connectivity index (χ1) is 11.9. The van der Waals surface area contributed by atoms with Crippen LogP contribution in [0, 0.1) is 0 Å². The summed E-state index contributed by atoms with van der Waals surface area (Å²) in [6, 6.07) is 9.50. The summed E-state index contributed by atoms with van der Waals surface area (Å²) >= 11 is 18.0. The van der Waals surface area contributed by atoms with Crippen LogP contribution in [0.25, 0.3) is 10.9 Å². The van der Waals surface area contributed by atoms with Crippen molar-refractivity contribution in [3.05, 3.63) is 61.8 Å². The summed E-state index contributed by atoms with van der Waals surface area (Å²) in [5, 5.41) is 4.51. The maximum atomic E-state index is 12.8. The molecule has 0 saturated carbocycles. The van der Waals surface area contributed by atoms with Crippen molar-refractivity contribution in [1.82, 2.24) is 9.55 Å². The molecule has 128 valence electrons. The Balaban J connectivity index is 2.24. The number of anilines is 2. The highest BCUT2D eigenvalue weighted by Gasteiger charge is 2.16. The van der Waals surface area contributed by atoms with Crippen LogP contribution in [0.5, 0.6) is 0 Å². The Morgan fingerprint density at radius 2 is 1.76 bits per heavy atom. The molecule has 25 heavy (non-hydrogen) atoms. The minimum Gasteiger partial charge on any atom is -0.325 e. The highest BCUT2D eigenvalue weighted by Crippen LogP contribution is 2.25. The predicted octanol–water partition coefficient (Wildman–Crippen LogP) is 5.15. The van der Waals surface area contributed by atoms with E-state index in [0.717, 1.165) is 4.57 Å². The van der Waals surface area contributed by atoms with Crippen molar-refractivity contribution in [2.45, 2.75) is 13.3 Å². The molecule has 0 fully saturated rings. The van der Waals surface area contributed by atoms with E-state index in [1.54, 1.807) is 43.3 Å². The van der Waals surface area contributed by atoms with Gasteiger partial charge in [0, 0.05) is 27.2 Å². The second-order valence-electron chi connectivity index (χ2n) is 5.27. The first kappa shape index (κ1) is 17.7. The second-order valence-corrected chi connectivity index (χ2v) is 6.58. The second kappa shape index (κ2) is 7.04. The van der Waals surface area contributed by atoms with Gasteiger partial charge in [-0.1, -0.05) is 41.7 Å². The van der Waals surface area contributed by atoms with Crippen LogP contribution in [0.2, 0.25) is 15.1 Å². The summed E-state index contributed by atoms with van der Waals surface area (Å²) in [7, 11) is 0. The standard InChI is InChI=1S/C17H12Cl3N3O2/c1-2-15(24)23-16(25)13-4-3-9(18)8-14(13)22-17(23)21-12-6-10(19)5-11(20)7-12/h3-8H,2H2,1H3,(H,21,22). The molecule has 0 aliphatic rings. The van der Waals surface area contributed by atoms with E-state index in [1.165, 1.54) is 0 Å². The molecule has 2 aromatic carbocycles. The average Bonchev–Trinajstić information content (AvgIpc) is 2.53. The van der Waals surface area contributed by atoms with Gasteiger partial charge in [0.15, 0.2) is 0 Å². The summed E-state index contributed by atoms with van der Waals surface area (Å²) in [4.78, 5) is 29.4. The minimum absolute atomic E-state index is 0.0740. The van der Waals surface area contributed by atoms with E-state index in [-0.39, 0.29) is 18.3 Å². The van der Waals surface area contributed by atoms with Gasteiger partial charge < -0.3 is 5.32 Å². The zero-order chi connectivity index (χ0) is 18.1. The molecule has 3 aromatic rings. The van der Waals surface area contributed by atoms with Gasteiger partial charge in [-0.3, -0.25) is 9.59 Å². The molecular weight excluding hydrogens is 385 g/mol. The molecular formula is C17H12Cl3N3O2. The molecule has 1 heterocycles. The molecule has 5 nitrogen and oxygen atoms in total. The topological polar surface area (TPSA) is 64.0 Å². The molecule has 0 aliphatic heterocycles. The Morgan fingerprint density at radius 3 is 2.40 bits per heavy atom. The Labute approximate surface area is 158 Å². The largest absolute Gasteiger partial charge is 0.325 e. The first-order valence-electron chi connectivity index (χ1n) is 7.37. The average molecular weight is 397 g/mol. The van der Waals surface area contributed by atoms with Crippen molar-refractivity contribution in [2.75, 3.05) is 5.32 Å². The van der Waals surface area contributed by atoms with Gasteiger partial charge in [0.2, 0.25) is 11.9 Å². The maximum absolute atomic E-state index is 12.8. The number of fused-ring (bicyclic) bond motifs is 1. The molecule has 0 bridgehead atoms. The fourth-order valence-electron chi connectivity index (χ4n) is 2.39. The molecule has 0 aliphatic carbocycles. The fourth-order valence-corrected chi connectivity index (χ4v) is 3.08. The molecule has 0 atom stereocenters. The number of carbonyl (C=O) groups is 1. The molecule has 0 spiro atoms. The van der Waals surface area contributed by atoms with Gasteiger partial charge in [-0.25, -0.2) is 9.55 Å². The third-order valence-electron chi connectivity index (χ3n) is 3.50. The van der Waals surface area contributed by atoms with Crippen molar-refractivity contribution < 1.29 is 4.79 Å². The van der Waals surface area contributed by atoms with E-state index in [0.29, 0.717) is 31.7 Å². The van der Waals surface area contributed by atoms with Gasteiger partial charge in [0.1, 0.15) is 0 Å². The van der Waals surface area contributed by atoms with Gasteiger partial charge >= 0.3 is 0 Å². The zero-order valence-corrected chi connectivity index (χ0v) is 15.3. The zero-order valence-electron chi connectivity index (χ0n) is 13.0. The van der Waals surface area contributed by atoms with E-state index >= 15 is 0 Å². The number of aromatic nitrogens is 2. The lowest BCUT2D eigenvalue weighted by Crippen LogP contribution is -2.29. The van der Waals surface area contributed by atoms with Crippen LogP contribution in [0.15, 0.2) is 41.2 Å². The number of hydrogen-bond donors (Lipinski definition) is 1. The van der Waals surface area contributed by atoms with Crippen LogP contribution in [0.4, 0.5) is 11.6 Å². The fraction of sp³-hybridized carbons (Fsp3) is 0.118. The number of carbonyl (C=O) groups excluding carboxylic acids is 1. The summed E-state index contributed by atoms with van der Waals surface area (Å²) in [5.41, 5.74) is 0.417. The predicted molar refractivity (Wildman–Crippen MR) is 102 cm³/mol. The monoisotopic (exact) mass is 395 g/mol. The normalized spacial score (nSPS) is 10.9. The van der Waals surface area contributed by atoms with Crippen LogP contribution >= 0.6 is 34.8 Å². The molecule has 0 radical (unpaired) electrons. The minimum atomic E-state index is -0.468. The smallest absolute Gasteiger partial charge is 0.269 e. The van der Waals surface area contributed by atoms with Crippen LogP contribution in [-0.2, 0) is 0 Å². The summed E-state index contributed by atoms with van der Waals surface area (Å²) in [5.74, 6) is -0.310. The van der Waals surface area contributed by atoms with Crippen LogP contribution < -0.4 is 10.9 Å². The SMILES string of the molecule is CCC(=O)n1c(Nc2cc(Cl)cc(Cl)c2)nc2cc(Cl)ccc2c1=O. The summed E-state index contributed by atoms with van der Waals surface area (Å²) < 4.78 is 1.01. The molecule has 8 heteroatoms. The number of nitrogens with zero attached hydrogens (tertiary/aromatic N) is 2. The Hall–Kier alpha value is -2.08. The molecule has 3 rings (SSSR count). The van der Waals surface area contributed by atoms with Crippen molar-refractivity contribution in [3.63, 3.8) is 0 Å². The van der Waals surface area contributed by atoms with Gasteiger partial charge in [-0.15, -0.1) is 0 Å². The summed E-state index contributed by atoms with van der Waals surface area (Å²) in [6.07, 6.45) is 0.145. The molecule has 0 unspecified atom stereocenters. The van der Waals surface area contributed by atoms with Crippen LogP contribution in [0.3, 0.4) is 0 Å². The summed E-state index contributed by atoms with van der Waals surface area (Å²) in [6.45, 7) is 1.67. The molecule has 1 aromatic heterocycles. The van der Waals surface area contributed by atoms with Gasteiger partial charge in [-0.05, 0) is 36.4 Å². The molecule has 0 amide bonds. The third kappa shape index (κ3) is 3.63. The van der Waals surface area contributed by atoms with E-state index in [2.05, 4.69) is 10.3 Å². The number of rotatable bonds is 3. The van der Waals surface area contributed by atoms with E-state index < -0.39 is 5.56 Å². The third-order valence-corrected chi connectivity index (χ3v) is 4.17. The molecule has 0 saturated heterocycles. The number of nitrogens with one attached hydrogen (secondary N) is 1. The lowest BCUT2D eigenvalue weighted by Gasteiger charge is -2.14. The Morgan fingerprint density at radius 1 is 1.08 bits per heavy atom. The van der Waals surface area contributed by atoms with Gasteiger partial charge in [0.05, 0.1) is 10.9 Å². The maximum Gasteiger partial charge on any atom is 0.269 e. The van der Waals surface area contributed by atoms with Crippen molar-refractivity contribution in [2.24, 2.45) is 0 Å². The number of hydrogen-bond acceptors (Lipinski definition) is 4. The Kier molecular flexibility index (Phi) is 4.99. The van der Waals surface area contributed by atoms with Crippen molar-refractivity contribution in [1.29, 1.82) is 0 Å². The van der Waals surface area contributed by atoms with E-state index in [9.17, 15) is 9.59 Å². The Bertz CT molecular complexity index is 1030. The lowest BCUT2D eigenvalue weighted by atomic mass is 10.2. The number of benzene rings is 2.